The number of halogens is 2. The zero-order chi connectivity index (χ0) is 24.4. The number of aryl methyl sites for hydroxylation is 1. The summed E-state index contributed by atoms with van der Waals surface area (Å²) in [5, 5.41) is 1.60. The molecule has 5 heteroatoms. The fourth-order valence-electron chi connectivity index (χ4n) is 6.33. The summed E-state index contributed by atoms with van der Waals surface area (Å²) >= 11 is 1.59. The average Bonchev–Trinajstić information content (AvgIpc) is 3.47. The summed E-state index contributed by atoms with van der Waals surface area (Å²) < 4.78 is 6.41. The van der Waals surface area contributed by atoms with Crippen LogP contribution in [0.5, 0.6) is 0 Å². The van der Waals surface area contributed by atoms with Gasteiger partial charge < -0.3 is 29.2 Å². The number of allylic oxidation sites excluding steroid dienone is 2. The van der Waals surface area contributed by atoms with E-state index in [0.717, 1.165) is 11.3 Å². The van der Waals surface area contributed by atoms with Crippen molar-refractivity contribution >= 4 is 19.3 Å². The largest absolute Gasteiger partial charge is 1.00 e. The number of hydrogen-bond donors (Lipinski definition) is 0. The van der Waals surface area contributed by atoms with Gasteiger partial charge >= 0.3 is 143 Å². The minimum atomic E-state index is -1.10. The molecule has 2 bridgehead atoms. The third-order valence-corrected chi connectivity index (χ3v) is 14.3. The molecule has 3 aromatic rings. The van der Waals surface area contributed by atoms with E-state index in [1.54, 1.807) is 35.5 Å². The van der Waals surface area contributed by atoms with Gasteiger partial charge in [0, 0.05) is 11.1 Å². The summed E-state index contributed by atoms with van der Waals surface area (Å²) in [7, 11) is -1.10. The van der Waals surface area contributed by atoms with Gasteiger partial charge in [0.2, 0.25) is 0 Å². The minimum absolute atomic E-state index is 0. The Morgan fingerprint density at radius 2 is 1.64 bits per heavy atom. The van der Waals surface area contributed by atoms with Crippen LogP contribution in [0.25, 0.3) is 22.4 Å². The van der Waals surface area contributed by atoms with E-state index in [9.17, 15) is 0 Å². The molecule has 3 heterocycles. The van der Waals surface area contributed by atoms with Gasteiger partial charge in [-0.2, -0.15) is 0 Å². The van der Waals surface area contributed by atoms with Crippen molar-refractivity contribution in [2.45, 2.75) is 69.2 Å². The van der Waals surface area contributed by atoms with Gasteiger partial charge in [0.15, 0.2) is 0 Å². The zero-order valence-corrected chi connectivity index (χ0v) is 27.3. The second-order valence-corrected chi connectivity index (χ2v) is 16.9. The van der Waals surface area contributed by atoms with E-state index in [1.807, 2.05) is 6.92 Å². The van der Waals surface area contributed by atoms with Gasteiger partial charge in [-0.05, 0) is 25.1 Å². The molecule has 0 N–H and O–H groups in total. The van der Waals surface area contributed by atoms with Crippen LogP contribution in [0.1, 0.15) is 83.0 Å². The van der Waals surface area contributed by atoms with Gasteiger partial charge in [0.05, 0.1) is 8.07 Å². The average molecular weight is 614 g/mol. The Bertz CT molecular complexity index is 1330. The molecule has 0 saturated heterocycles. The molecule has 0 radical (unpaired) electrons. The maximum absolute atomic E-state index is 5.76. The summed E-state index contributed by atoms with van der Waals surface area (Å²) in [6, 6.07) is 18.2. The second kappa shape index (κ2) is 10.9. The van der Waals surface area contributed by atoms with E-state index in [4.69, 9.17) is 4.42 Å². The van der Waals surface area contributed by atoms with E-state index in [-0.39, 0.29) is 24.8 Å². The molecule has 3 unspecified atom stereocenters. The molecule has 4 aliphatic rings. The number of fused-ring (bicyclic) bond motifs is 1. The first-order valence-electron chi connectivity index (χ1n) is 12.6. The van der Waals surface area contributed by atoms with Crippen molar-refractivity contribution in [2.24, 2.45) is 0 Å². The molecule has 187 valence electrons. The predicted molar refractivity (Wildman–Crippen MR) is 143 cm³/mol. The fourth-order valence-corrected chi connectivity index (χ4v) is 11.4. The molecular formula is C31H35Cl2OSiZr. The second-order valence-electron chi connectivity index (χ2n) is 10.9. The van der Waals surface area contributed by atoms with Crippen LogP contribution in [0, 0.1) is 6.92 Å². The van der Waals surface area contributed by atoms with Gasteiger partial charge in [-0.3, -0.25) is 0 Å². The molecule has 0 saturated carbocycles. The molecule has 1 aromatic heterocycles. The van der Waals surface area contributed by atoms with Crippen LogP contribution < -0.4 is 24.8 Å². The quantitative estimate of drug-likeness (QED) is 0.414. The molecule has 3 atom stereocenters. The van der Waals surface area contributed by atoms with Crippen molar-refractivity contribution in [3.63, 3.8) is 0 Å². The van der Waals surface area contributed by atoms with Gasteiger partial charge in [-0.15, -0.1) is 0 Å². The third kappa shape index (κ3) is 4.64. The van der Waals surface area contributed by atoms with Crippen LogP contribution in [0.4, 0.5) is 0 Å². The SMILES string of the molecule is CC1=C2c3oc(C)cc3C1[Si]2(C)C.CCC(C)c1ccc(-c2cccc3c2C=C(C)[CH]3[Zr+2])cc1.[Cl-].[Cl-]. The van der Waals surface area contributed by atoms with Gasteiger partial charge in [-0.25, -0.2) is 0 Å². The fraction of sp³-hybridized carbons (Fsp3) is 0.355. The number of rotatable bonds is 3. The molecule has 1 nitrogen and oxygen atoms in total. The molecule has 0 amide bonds. The van der Waals surface area contributed by atoms with Crippen molar-refractivity contribution in [1.29, 1.82) is 0 Å². The Morgan fingerprint density at radius 1 is 0.972 bits per heavy atom. The van der Waals surface area contributed by atoms with E-state index in [1.165, 1.54) is 51.1 Å². The third-order valence-electron chi connectivity index (χ3n) is 8.30. The van der Waals surface area contributed by atoms with Crippen molar-refractivity contribution in [1.82, 2.24) is 0 Å². The van der Waals surface area contributed by atoms with Crippen LogP contribution in [-0.2, 0) is 24.7 Å². The van der Waals surface area contributed by atoms with E-state index in [0.29, 0.717) is 9.54 Å². The topological polar surface area (TPSA) is 13.1 Å². The zero-order valence-electron chi connectivity index (χ0n) is 22.3. The molecule has 2 aliphatic heterocycles. The number of benzene rings is 2. The van der Waals surface area contributed by atoms with Crippen LogP contribution in [0.2, 0.25) is 13.1 Å². The summed E-state index contributed by atoms with van der Waals surface area (Å²) in [6.07, 6.45) is 3.58. The van der Waals surface area contributed by atoms with Crippen molar-refractivity contribution in [2.75, 3.05) is 0 Å². The van der Waals surface area contributed by atoms with Gasteiger partial charge in [0.25, 0.3) is 0 Å². The van der Waals surface area contributed by atoms with Gasteiger partial charge in [-0.1, -0.05) is 18.7 Å². The first kappa shape index (κ1) is 29.4. The summed E-state index contributed by atoms with van der Waals surface area (Å²) in [4.78, 5) is 0. The predicted octanol–water partition coefficient (Wildman–Crippen LogP) is 3.14. The normalized spacial score (nSPS) is 20.6. The molecule has 7 rings (SSSR count). The minimum Gasteiger partial charge on any atom is -1.00 e. The molecule has 36 heavy (non-hydrogen) atoms. The Hall–Kier alpha value is -1.12. The summed E-state index contributed by atoms with van der Waals surface area (Å²) in [6.45, 7) is 16.0. The molecule has 2 aromatic carbocycles. The van der Waals surface area contributed by atoms with Crippen LogP contribution in [0.3, 0.4) is 0 Å². The smallest absolute Gasteiger partial charge is 1.00 e. The van der Waals surface area contributed by atoms with E-state index < -0.39 is 8.07 Å². The Kier molecular flexibility index (Phi) is 8.94. The van der Waals surface area contributed by atoms with Crippen LogP contribution in [-0.4, -0.2) is 8.07 Å². The van der Waals surface area contributed by atoms with Crippen molar-refractivity contribution in [3.8, 4) is 11.1 Å². The first-order valence-corrected chi connectivity index (χ1v) is 17.1. The molecular weight excluding hydrogens is 579 g/mol. The number of furan rings is 1. The van der Waals surface area contributed by atoms with E-state index >= 15 is 0 Å². The molecule has 0 fully saturated rings. The molecule has 2 aliphatic carbocycles. The van der Waals surface area contributed by atoms with Crippen LogP contribution in [0.15, 0.2) is 64.1 Å². The Morgan fingerprint density at radius 3 is 2.22 bits per heavy atom. The van der Waals surface area contributed by atoms with Crippen LogP contribution >= 0.6 is 0 Å². The van der Waals surface area contributed by atoms with Crippen molar-refractivity contribution in [3.05, 3.63) is 93.5 Å². The Labute approximate surface area is 245 Å². The number of hydrogen-bond acceptors (Lipinski definition) is 1. The summed E-state index contributed by atoms with van der Waals surface area (Å²) in [5.74, 6) is 2.95. The maximum Gasteiger partial charge on any atom is -1.00 e. The standard InChI is InChI=1S/C20H21.C11H14OSi.2ClH.Zr/c1-4-15(3)16-8-10-17(11-9-16)19-7-5-6-18-12-14(2)13-20(18)19;1-6-5-8-9(12-6)11-7(2)10(8)13(11,3)4;;;/h5-13,15H,4H2,1-3H3;5,10H,1-4H3;2*1H;/q;;;;+2/p-2. The van der Waals surface area contributed by atoms with Gasteiger partial charge in [0.1, 0.15) is 11.5 Å². The monoisotopic (exact) mass is 611 g/mol. The molecule has 0 spiro atoms. The van der Waals surface area contributed by atoms with E-state index in [2.05, 4.69) is 95.4 Å². The maximum atomic E-state index is 5.76. The van der Waals surface area contributed by atoms with Crippen molar-refractivity contribution < 1.29 is 54.0 Å². The summed E-state index contributed by atoms with van der Waals surface area (Å²) in [5.41, 5.74) is 12.5. The Balaban J connectivity index is 0.000000208. The first-order chi connectivity index (χ1) is 16.1.